The molecule has 3 aromatic rings. The second kappa shape index (κ2) is 11.4. The van der Waals surface area contributed by atoms with E-state index in [9.17, 15) is 9.59 Å². The van der Waals surface area contributed by atoms with Gasteiger partial charge in [-0.3, -0.25) is 4.79 Å². The van der Waals surface area contributed by atoms with Crippen molar-refractivity contribution in [3.63, 3.8) is 0 Å². The molecule has 0 unspecified atom stereocenters. The van der Waals surface area contributed by atoms with E-state index < -0.39 is 24.0 Å². The molecule has 3 rings (SSSR count). The van der Waals surface area contributed by atoms with E-state index in [2.05, 4.69) is 20.3 Å². The Morgan fingerprint density at radius 1 is 1.19 bits per heavy atom. The molecule has 2 atom stereocenters. The molecule has 0 aliphatic carbocycles. The molecule has 0 aliphatic rings. The van der Waals surface area contributed by atoms with Crippen LogP contribution in [0.4, 0.5) is 0 Å². The third kappa shape index (κ3) is 6.48. The Hall–Kier alpha value is -2.55. The minimum atomic E-state index is -0.857. The maximum absolute atomic E-state index is 12.7. The molecule has 2 aromatic heterocycles. The molecule has 0 bridgehead atoms. The Morgan fingerprint density at radius 3 is 2.50 bits per heavy atom. The van der Waals surface area contributed by atoms with E-state index in [4.69, 9.17) is 10.5 Å². The van der Waals surface area contributed by atoms with E-state index in [0.29, 0.717) is 6.42 Å². The maximum atomic E-state index is 12.7. The first-order valence-electron chi connectivity index (χ1n) is 9.92. The number of methoxy groups -OCH3 is 1. The van der Waals surface area contributed by atoms with Crippen LogP contribution < -0.4 is 11.1 Å². The van der Waals surface area contributed by atoms with Gasteiger partial charge in [0.2, 0.25) is 5.91 Å². The van der Waals surface area contributed by atoms with Crippen molar-refractivity contribution >= 4 is 47.6 Å². The molecular formula is C22H31Cl2N5O3. The fraction of sp³-hybridized carbons (Fsp3) is 0.409. The molecule has 0 radical (unpaired) electrons. The minimum Gasteiger partial charge on any atom is -0.467 e. The predicted molar refractivity (Wildman–Crippen MR) is 129 cm³/mol. The number of carbonyl (C=O) groups is 2. The van der Waals surface area contributed by atoms with Crippen molar-refractivity contribution in [1.29, 1.82) is 0 Å². The average Bonchev–Trinajstić information content (AvgIpc) is 3.34. The van der Waals surface area contributed by atoms with Crippen LogP contribution in [0.2, 0.25) is 0 Å². The molecule has 0 saturated heterocycles. The summed E-state index contributed by atoms with van der Waals surface area (Å²) in [5.74, 6) is -0.135. The largest absolute Gasteiger partial charge is 0.467 e. The van der Waals surface area contributed by atoms with Crippen LogP contribution in [0.15, 0.2) is 36.7 Å². The number of nitrogens with two attached hydrogens (primary N) is 1. The second-order valence-corrected chi connectivity index (χ2v) is 8.47. The molecule has 0 fully saturated rings. The van der Waals surface area contributed by atoms with E-state index >= 15 is 0 Å². The molecule has 176 valence electrons. The van der Waals surface area contributed by atoms with Crippen LogP contribution in [0.25, 0.3) is 10.9 Å². The highest BCUT2D eigenvalue weighted by atomic mass is 35.5. The standard InChI is InChI=1S/C22H29N5O3.2ClH/c1-22(2,3)21-25-12-14(26-21)10-18(20(29)30-4)27-19(28)16(23)9-13-11-24-17-8-6-5-7-15(13)17;;/h5-8,11-12,16,18,24H,9-10,23H2,1-4H3,(H,25,26)(H,27,28);2*1H/t16-,18-;;/m0../s1. The lowest BCUT2D eigenvalue weighted by Crippen LogP contribution is -2.50. The number of para-hydroxylation sites is 1. The van der Waals surface area contributed by atoms with Gasteiger partial charge in [-0.1, -0.05) is 39.0 Å². The number of rotatable bonds is 7. The van der Waals surface area contributed by atoms with Crippen LogP contribution in [0.1, 0.15) is 37.9 Å². The summed E-state index contributed by atoms with van der Waals surface area (Å²) in [6.07, 6.45) is 4.12. The lowest BCUT2D eigenvalue weighted by atomic mass is 9.96. The van der Waals surface area contributed by atoms with Gasteiger partial charge < -0.3 is 25.8 Å². The van der Waals surface area contributed by atoms with Crippen LogP contribution in [-0.2, 0) is 32.6 Å². The molecular weight excluding hydrogens is 453 g/mol. The van der Waals surface area contributed by atoms with Gasteiger partial charge in [-0.05, 0) is 18.1 Å². The molecule has 2 heterocycles. The normalized spacial score (nSPS) is 12.9. The second-order valence-electron chi connectivity index (χ2n) is 8.47. The lowest BCUT2D eigenvalue weighted by Gasteiger charge is -2.19. The smallest absolute Gasteiger partial charge is 0.328 e. The Kier molecular flexibility index (Phi) is 9.75. The molecule has 0 aliphatic heterocycles. The quantitative estimate of drug-likeness (QED) is 0.384. The summed E-state index contributed by atoms with van der Waals surface area (Å²) >= 11 is 0. The van der Waals surface area contributed by atoms with Crippen LogP contribution in [-0.4, -0.2) is 46.0 Å². The molecule has 1 aromatic carbocycles. The maximum Gasteiger partial charge on any atom is 0.328 e. The topological polar surface area (TPSA) is 126 Å². The van der Waals surface area contributed by atoms with Crippen molar-refractivity contribution in [2.45, 2.75) is 51.1 Å². The summed E-state index contributed by atoms with van der Waals surface area (Å²) in [6, 6.07) is 6.17. The third-order valence-corrected chi connectivity index (χ3v) is 5.02. The van der Waals surface area contributed by atoms with E-state index in [-0.39, 0.29) is 36.6 Å². The van der Waals surface area contributed by atoms with E-state index in [1.807, 2.05) is 51.2 Å². The van der Waals surface area contributed by atoms with Crippen molar-refractivity contribution in [1.82, 2.24) is 20.3 Å². The van der Waals surface area contributed by atoms with Crippen molar-refractivity contribution in [3.8, 4) is 0 Å². The molecule has 1 amide bonds. The number of aromatic nitrogens is 3. The van der Waals surface area contributed by atoms with E-state index in [1.54, 1.807) is 6.20 Å². The zero-order chi connectivity index (χ0) is 21.9. The molecule has 0 saturated carbocycles. The number of hydrogen-bond acceptors (Lipinski definition) is 5. The van der Waals surface area contributed by atoms with Crippen LogP contribution >= 0.6 is 24.8 Å². The number of hydrogen-bond donors (Lipinski definition) is 4. The number of aromatic amines is 2. The molecule has 32 heavy (non-hydrogen) atoms. The number of amides is 1. The zero-order valence-corrected chi connectivity index (χ0v) is 20.2. The van der Waals surface area contributed by atoms with Gasteiger partial charge >= 0.3 is 5.97 Å². The first-order valence-corrected chi connectivity index (χ1v) is 9.92. The number of H-pyrrole nitrogens is 2. The van der Waals surface area contributed by atoms with E-state index in [1.165, 1.54) is 7.11 Å². The van der Waals surface area contributed by atoms with Gasteiger partial charge in [0.1, 0.15) is 11.9 Å². The van der Waals surface area contributed by atoms with Crippen molar-refractivity contribution < 1.29 is 14.3 Å². The summed E-state index contributed by atoms with van der Waals surface area (Å²) in [5.41, 5.74) is 8.67. The summed E-state index contributed by atoms with van der Waals surface area (Å²) in [6.45, 7) is 6.12. The number of imidazole rings is 1. The monoisotopic (exact) mass is 483 g/mol. The number of nitrogens with one attached hydrogen (secondary N) is 3. The van der Waals surface area contributed by atoms with Gasteiger partial charge in [0.05, 0.1) is 13.2 Å². The summed E-state index contributed by atoms with van der Waals surface area (Å²) in [4.78, 5) is 35.7. The van der Waals surface area contributed by atoms with Crippen LogP contribution in [0.5, 0.6) is 0 Å². The average molecular weight is 484 g/mol. The molecule has 10 heteroatoms. The molecule has 5 N–H and O–H groups in total. The number of fused-ring (bicyclic) bond motifs is 1. The highest BCUT2D eigenvalue weighted by molar-refractivity contribution is 5.89. The van der Waals surface area contributed by atoms with Crippen LogP contribution in [0.3, 0.4) is 0 Å². The van der Waals surface area contributed by atoms with Gasteiger partial charge in [-0.15, -0.1) is 24.8 Å². The zero-order valence-electron chi connectivity index (χ0n) is 18.6. The van der Waals surface area contributed by atoms with Gasteiger partial charge in [0.25, 0.3) is 0 Å². The van der Waals surface area contributed by atoms with Crippen LogP contribution in [0, 0.1) is 0 Å². The minimum absolute atomic E-state index is 0. The summed E-state index contributed by atoms with van der Waals surface area (Å²) in [7, 11) is 1.29. The van der Waals surface area contributed by atoms with Gasteiger partial charge in [0.15, 0.2) is 0 Å². The Bertz CT molecular complexity index is 1040. The first kappa shape index (κ1) is 27.5. The van der Waals surface area contributed by atoms with Crippen molar-refractivity contribution in [2.24, 2.45) is 5.73 Å². The fourth-order valence-corrected chi connectivity index (χ4v) is 3.31. The van der Waals surface area contributed by atoms with Gasteiger partial charge in [-0.2, -0.15) is 0 Å². The van der Waals surface area contributed by atoms with Gasteiger partial charge in [-0.25, -0.2) is 9.78 Å². The first-order chi connectivity index (χ1) is 14.2. The van der Waals surface area contributed by atoms with Crippen molar-refractivity contribution in [3.05, 3.63) is 53.7 Å². The number of halogens is 2. The molecule has 8 nitrogen and oxygen atoms in total. The number of ether oxygens (including phenoxy) is 1. The highest BCUT2D eigenvalue weighted by Gasteiger charge is 2.27. The van der Waals surface area contributed by atoms with Crippen molar-refractivity contribution in [2.75, 3.05) is 7.11 Å². The Balaban J connectivity index is 0.00000256. The third-order valence-electron chi connectivity index (χ3n) is 5.02. The summed E-state index contributed by atoms with van der Waals surface area (Å²) in [5, 5.41) is 3.75. The highest BCUT2D eigenvalue weighted by Crippen LogP contribution is 2.20. The predicted octanol–water partition coefficient (Wildman–Crippen LogP) is 2.80. The Labute approximate surface area is 199 Å². The van der Waals surface area contributed by atoms with Gasteiger partial charge in [0, 0.05) is 40.8 Å². The van der Waals surface area contributed by atoms with E-state index in [0.717, 1.165) is 28.0 Å². The fourth-order valence-electron chi connectivity index (χ4n) is 3.31. The Morgan fingerprint density at radius 2 is 1.88 bits per heavy atom. The summed E-state index contributed by atoms with van der Waals surface area (Å²) < 4.78 is 4.87. The number of benzene rings is 1. The number of esters is 1. The molecule has 0 spiro atoms. The lowest BCUT2D eigenvalue weighted by molar-refractivity contribution is -0.145. The number of carbonyl (C=O) groups excluding carboxylic acids is 2. The SMILES string of the molecule is COC(=O)[C@H](Cc1cnc(C(C)(C)C)[nH]1)NC(=O)[C@@H](N)Cc1c[nH]c2ccccc12.Cl.Cl. The number of nitrogens with zero attached hydrogens (tertiary/aromatic N) is 1.